The van der Waals surface area contributed by atoms with Crippen LogP contribution in [0.25, 0.3) is 0 Å². The van der Waals surface area contributed by atoms with E-state index in [4.69, 9.17) is 4.74 Å². The van der Waals surface area contributed by atoms with Gasteiger partial charge >= 0.3 is 0 Å². The fraction of sp³-hybridized carbons (Fsp3) is 0.562. The molecule has 0 spiro atoms. The quantitative estimate of drug-likeness (QED) is 0.830. The summed E-state index contributed by atoms with van der Waals surface area (Å²) < 4.78 is 5.11. The largest absolute Gasteiger partial charge is 0.497 e. The highest BCUT2D eigenvalue weighted by molar-refractivity contribution is 5.76. The zero-order valence-corrected chi connectivity index (χ0v) is 13.2. The van der Waals surface area contributed by atoms with Gasteiger partial charge in [0.25, 0.3) is 0 Å². The first kappa shape index (κ1) is 16.5. The highest BCUT2D eigenvalue weighted by Gasteiger charge is 2.20. The summed E-state index contributed by atoms with van der Waals surface area (Å²) in [4.78, 5) is 14.0. The summed E-state index contributed by atoms with van der Waals surface area (Å²) in [6.07, 6.45) is 1.26. The second-order valence-corrected chi connectivity index (χ2v) is 5.83. The molecule has 4 nitrogen and oxygen atoms in total. The molecule has 0 fully saturated rings. The van der Waals surface area contributed by atoms with E-state index in [1.165, 1.54) is 0 Å². The highest BCUT2D eigenvalue weighted by Crippen LogP contribution is 2.13. The van der Waals surface area contributed by atoms with Crippen molar-refractivity contribution in [3.05, 3.63) is 29.8 Å². The molecule has 112 valence electrons. The molecular weight excluding hydrogens is 252 g/mol. The van der Waals surface area contributed by atoms with E-state index in [0.29, 0.717) is 13.0 Å². The number of methoxy groups -OCH3 is 1. The summed E-state index contributed by atoms with van der Waals surface area (Å²) in [6.45, 7) is 4.87. The van der Waals surface area contributed by atoms with Crippen LogP contribution in [0.15, 0.2) is 24.3 Å². The first-order valence-electron chi connectivity index (χ1n) is 6.92. The second-order valence-electron chi connectivity index (χ2n) is 5.83. The number of aryl methyl sites for hydroxylation is 1. The number of nitrogens with one attached hydrogen (secondary N) is 1. The Bertz CT molecular complexity index is 425. The number of carbonyl (C=O) groups is 1. The molecule has 4 heteroatoms. The zero-order chi connectivity index (χ0) is 15.2. The Morgan fingerprint density at radius 2 is 1.85 bits per heavy atom. The normalized spacial score (nSPS) is 11.5. The van der Waals surface area contributed by atoms with Gasteiger partial charge in [0.15, 0.2) is 0 Å². The van der Waals surface area contributed by atoms with E-state index in [0.717, 1.165) is 17.7 Å². The van der Waals surface area contributed by atoms with Crippen molar-refractivity contribution in [3.63, 3.8) is 0 Å². The van der Waals surface area contributed by atoms with Crippen molar-refractivity contribution in [1.82, 2.24) is 10.2 Å². The zero-order valence-electron chi connectivity index (χ0n) is 13.2. The fourth-order valence-corrected chi connectivity index (χ4v) is 1.61. The van der Waals surface area contributed by atoms with Gasteiger partial charge in [-0.2, -0.15) is 0 Å². The van der Waals surface area contributed by atoms with E-state index >= 15 is 0 Å². The highest BCUT2D eigenvalue weighted by atomic mass is 16.5. The lowest BCUT2D eigenvalue weighted by Gasteiger charge is -2.32. The molecule has 20 heavy (non-hydrogen) atoms. The Labute approximate surface area is 122 Å². The van der Waals surface area contributed by atoms with Crippen LogP contribution in [0, 0.1) is 0 Å². The smallest absolute Gasteiger partial charge is 0.220 e. The Kier molecular flexibility index (Phi) is 6.02. The number of amides is 1. The average molecular weight is 278 g/mol. The molecule has 0 saturated heterocycles. The van der Waals surface area contributed by atoms with Crippen molar-refractivity contribution in [1.29, 1.82) is 0 Å². The second kappa shape index (κ2) is 7.29. The van der Waals surface area contributed by atoms with Crippen molar-refractivity contribution in [2.45, 2.75) is 32.2 Å². The third-order valence-electron chi connectivity index (χ3n) is 3.73. The van der Waals surface area contributed by atoms with E-state index < -0.39 is 0 Å². The molecule has 0 atom stereocenters. The Morgan fingerprint density at radius 3 is 2.35 bits per heavy atom. The first-order valence-corrected chi connectivity index (χ1v) is 6.92. The van der Waals surface area contributed by atoms with Gasteiger partial charge in [0.2, 0.25) is 5.91 Å². The third kappa shape index (κ3) is 5.21. The lowest BCUT2D eigenvalue weighted by Crippen LogP contribution is -2.48. The van der Waals surface area contributed by atoms with E-state index in [1.54, 1.807) is 7.11 Å². The molecule has 1 rings (SSSR count). The maximum Gasteiger partial charge on any atom is 0.220 e. The molecule has 0 aliphatic heterocycles. The summed E-state index contributed by atoms with van der Waals surface area (Å²) >= 11 is 0. The van der Waals surface area contributed by atoms with Crippen LogP contribution in [0.5, 0.6) is 5.75 Å². The first-order chi connectivity index (χ1) is 9.35. The van der Waals surface area contributed by atoms with E-state index in [9.17, 15) is 4.79 Å². The van der Waals surface area contributed by atoms with Crippen molar-refractivity contribution < 1.29 is 9.53 Å². The molecule has 0 aliphatic rings. The minimum absolute atomic E-state index is 0.0320. The summed E-state index contributed by atoms with van der Waals surface area (Å²) in [5.41, 5.74) is 1.11. The molecule has 0 unspecified atom stereocenters. The van der Waals surface area contributed by atoms with Gasteiger partial charge < -0.3 is 15.0 Å². The van der Waals surface area contributed by atoms with Crippen LogP contribution in [0.2, 0.25) is 0 Å². The van der Waals surface area contributed by atoms with Gasteiger partial charge in [0.1, 0.15) is 5.75 Å². The van der Waals surface area contributed by atoms with E-state index in [-0.39, 0.29) is 11.4 Å². The fourth-order valence-electron chi connectivity index (χ4n) is 1.61. The van der Waals surface area contributed by atoms with Gasteiger partial charge in [-0.1, -0.05) is 12.1 Å². The van der Waals surface area contributed by atoms with Crippen LogP contribution in [0.4, 0.5) is 0 Å². The van der Waals surface area contributed by atoms with Gasteiger partial charge in [-0.15, -0.1) is 0 Å². The van der Waals surface area contributed by atoms with Crippen molar-refractivity contribution >= 4 is 5.91 Å². The van der Waals surface area contributed by atoms with Crippen LogP contribution in [0.3, 0.4) is 0 Å². The summed E-state index contributed by atoms with van der Waals surface area (Å²) in [5, 5.41) is 2.99. The summed E-state index contributed by atoms with van der Waals surface area (Å²) in [6, 6.07) is 7.83. The monoisotopic (exact) mass is 278 g/mol. The molecule has 0 radical (unpaired) electrons. The van der Waals surface area contributed by atoms with Crippen molar-refractivity contribution in [3.8, 4) is 5.75 Å². The number of benzene rings is 1. The van der Waals surface area contributed by atoms with Crippen LogP contribution in [-0.2, 0) is 11.2 Å². The summed E-state index contributed by atoms with van der Waals surface area (Å²) in [5.74, 6) is 0.932. The topological polar surface area (TPSA) is 41.6 Å². The number of ether oxygens (including phenoxy) is 1. The number of carbonyl (C=O) groups excluding carboxylic acids is 1. The number of nitrogens with zero attached hydrogens (tertiary/aromatic N) is 1. The number of rotatable bonds is 7. The molecule has 1 aromatic rings. The molecule has 0 aliphatic carbocycles. The van der Waals surface area contributed by atoms with Gasteiger partial charge in [-0.25, -0.2) is 0 Å². The molecule has 0 bridgehead atoms. The molecule has 0 heterocycles. The van der Waals surface area contributed by atoms with Crippen molar-refractivity contribution in [2.24, 2.45) is 0 Å². The average Bonchev–Trinajstić information content (AvgIpc) is 2.43. The maximum atomic E-state index is 11.9. The van der Waals surface area contributed by atoms with E-state index in [1.807, 2.05) is 38.4 Å². The summed E-state index contributed by atoms with van der Waals surface area (Å²) in [7, 11) is 5.68. The number of hydrogen-bond donors (Lipinski definition) is 1. The van der Waals surface area contributed by atoms with Gasteiger partial charge in [-0.05, 0) is 52.1 Å². The SMILES string of the molecule is COc1ccc(CCC(=O)NCC(C)(C)N(C)C)cc1. The van der Waals surface area contributed by atoms with Gasteiger partial charge in [0.05, 0.1) is 7.11 Å². The Morgan fingerprint density at radius 1 is 1.25 bits per heavy atom. The van der Waals surface area contributed by atoms with Crippen LogP contribution in [0.1, 0.15) is 25.8 Å². The Balaban J connectivity index is 2.36. The lowest BCUT2D eigenvalue weighted by molar-refractivity contribution is -0.121. The van der Waals surface area contributed by atoms with Gasteiger partial charge in [-0.3, -0.25) is 4.79 Å². The lowest BCUT2D eigenvalue weighted by atomic mass is 10.0. The van der Waals surface area contributed by atoms with Gasteiger partial charge in [0, 0.05) is 18.5 Å². The standard InChI is InChI=1S/C16H26N2O2/c1-16(2,18(3)4)12-17-15(19)11-8-13-6-9-14(20-5)10-7-13/h6-7,9-10H,8,11-12H2,1-5H3,(H,17,19). The molecule has 0 aromatic heterocycles. The molecular formula is C16H26N2O2. The Hall–Kier alpha value is -1.55. The number of hydrogen-bond acceptors (Lipinski definition) is 3. The minimum Gasteiger partial charge on any atom is -0.497 e. The predicted molar refractivity (Wildman–Crippen MR) is 82.1 cm³/mol. The minimum atomic E-state index is -0.0320. The molecule has 1 amide bonds. The molecule has 1 aromatic carbocycles. The molecule has 0 saturated carbocycles. The predicted octanol–water partition coefficient (Wildman–Crippen LogP) is 2.08. The molecule has 1 N–H and O–H groups in total. The van der Waals surface area contributed by atoms with Crippen molar-refractivity contribution in [2.75, 3.05) is 27.7 Å². The van der Waals surface area contributed by atoms with Crippen LogP contribution < -0.4 is 10.1 Å². The number of likely N-dealkylation sites (N-methyl/N-ethyl adjacent to an activating group) is 1. The maximum absolute atomic E-state index is 11.9. The van der Waals surface area contributed by atoms with Crippen LogP contribution in [-0.4, -0.2) is 44.1 Å². The van der Waals surface area contributed by atoms with Crippen LogP contribution >= 0.6 is 0 Å². The third-order valence-corrected chi connectivity index (χ3v) is 3.73. The van der Waals surface area contributed by atoms with E-state index in [2.05, 4.69) is 24.1 Å².